The van der Waals surface area contributed by atoms with Crippen molar-refractivity contribution < 1.29 is 37.8 Å². The zero-order chi connectivity index (χ0) is 24.5. The number of hydrogen-bond donors (Lipinski definition) is 4. The summed E-state index contributed by atoms with van der Waals surface area (Å²) in [5.74, 6) is -2.66. The standard InChI is InChI=1S/C16H17N5O3S2.C2HF3O2/c1-19-5-6-20-11(19)3-2-10(18-20)25-7-4-9-8-26-15-12(17)14(22)21(15)13(9)16(23)24;3-2(4,5)1(6)7/h2-7,12,15,18H,8,17H2,1H3,(H,23,24);(H,6,7)/b7-4-;/t12-,15+;/m1./s1. The number of aliphatic carboxylic acids is 2. The van der Waals surface area contributed by atoms with Gasteiger partial charge >= 0.3 is 18.1 Å². The molecule has 0 spiro atoms. The molecule has 1 fully saturated rings. The second-order valence-electron chi connectivity index (χ2n) is 6.78. The number of hydrogen-bond acceptors (Lipinski definition) is 9. The Morgan fingerprint density at radius 1 is 1.30 bits per heavy atom. The molecule has 178 valence electrons. The van der Waals surface area contributed by atoms with E-state index < -0.39 is 24.2 Å². The van der Waals surface area contributed by atoms with Gasteiger partial charge in [-0.1, -0.05) is 11.8 Å². The summed E-state index contributed by atoms with van der Waals surface area (Å²) in [7, 11) is 1.97. The Kier molecular flexibility index (Phi) is 7.04. The van der Waals surface area contributed by atoms with Crippen LogP contribution in [-0.4, -0.2) is 73.3 Å². The topological polar surface area (TPSA) is 139 Å². The fourth-order valence-electron chi connectivity index (χ4n) is 3.01. The monoisotopic (exact) mass is 505 g/mol. The highest BCUT2D eigenvalue weighted by Crippen LogP contribution is 2.40. The number of nitrogens with one attached hydrogen (secondary N) is 1. The molecule has 33 heavy (non-hydrogen) atoms. The van der Waals surface area contributed by atoms with Crippen LogP contribution in [0, 0.1) is 0 Å². The Balaban J connectivity index is 0.000000383. The minimum absolute atomic E-state index is 0.0363. The molecule has 4 rings (SSSR count). The molecular weight excluding hydrogens is 487 g/mol. The molecule has 4 heterocycles. The van der Waals surface area contributed by atoms with Crippen LogP contribution >= 0.6 is 23.5 Å². The molecule has 4 aliphatic heterocycles. The first-order valence-corrected chi connectivity index (χ1v) is 11.0. The number of carboxylic acids is 2. The fraction of sp³-hybridized carbons (Fsp3) is 0.278. The predicted molar refractivity (Wildman–Crippen MR) is 114 cm³/mol. The van der Waals surface area contributed by atoms with E-state index in [0.717, 1.165) is 10.9 Å². The van der Waals surface area contributed by atoms with Crippen molar-refractivity contribution in [2.45, 2.75) is 17.6 Å². The smallest absolute Gasteiger partial charge is 0.477 e. The molecule has 15 heteroatoms. The van der Waals surface area contributed by atoms with E-state index in [1.54, 1.807) is 6.08 Å². The lowest BCUT2D eigenvalue weighted by atomic mass is 10.0. The number of alkyl halides is 3. The number of β-lactam (4-membered cyclic amide) rings is 1. The third-order valence-corrected chi connectivity index (χ3v) is 6.69. The Morgan fingerprint density at radius 2 is 1.97 bits per heavy atom. The van der Waals surface area contributed by atoms with Crippen LogP contribution in [-0.2, 0) is 14.4 Å². The van der Waals surface area contributed by atoms with Crippen LogP contribution in [0.5, 0.6) is 0 Å². The first-order chi connectivity index (χ1) is 15.4. The highest BCUT2D eigenvalue weighted by atomic mass is 32.2. The zero-order valence-electron chi connectivity index (χ0n) is 16.8. The number of allylic oxidation sites excluding steroid dienone is 3. The summed E-state index contributed by atoms with van der Waals surface area (Å²) in [6, 6.07) is -0.613. The minimum atomic E-state index is -5.08. The number of halogens is 3. The molecule has 0 aromatic heterocycles. The van der Waals surface area contributed by atoms with Crippen molar-refractivity contribution in [3.05, 3.63) is 58.2 Å². The van der Waals surface area contributed by atoms with E-state index in [4.69, 9.17) is 15.6 Å². The van der Waals surface area contributed by atoms with Crippen LogP contribution in [0.3, 0.4) is 0 Å². The average Bonchev–Trinajstić information content (AvgIpc) is 3.12. The summed E-state index contributed by atoms with van der Waals surface area (Å²) in [6.07, 6.45) is 4.49. The Bertz CT molecular complexity index is 1020. The lowest BCUT2D eigenvalue weighted by molar-refractivity contribution is -0.192. The lowest BCUT2D eigenvalue weighted by Gasteiger charge is -2.47. The quantitative estimate of drug-likeness (QED) is 0.412. The molecule has 0 aliphatic carbocycles. The number of hydrazine groups is 1. The fourth-order valence-corrected chi connectivity index (χ4v) is 4.95. The summed E-state index contributed by atoms with van der Waals surface area (Å²) < 4.78 is 31.7. The van der Waals surface area contributed by atoms with Gasteiger partial charge in [-0.25, -0.2) is 14.6 Å². The average molecular weight is 506 g/mol. The van der Waals surface area contributed by atoms with Crippen molar-refractivity contribution in [1.29, 1.82) is 0 Å². The maximum atomic E-state index is 11.9. The largest absolute Gasteiger partial charge is 0.490 e. The molecule has 2 atom stereocenters. The van der Waals surface area contributed by atoms with Crippen molar-refractivity contribution in [2.75, 3.05) is 12.8 Å². The predicted octanol–water partition coefficient (Wildman–Crippen LogP) is 1.37. The maximum absolute atomic E-state index is 11.9. The Hall–Kier alpha value is -3.04. The Labute approximate surface area is 193 Å². The van der Waals surface area contributed by atoms with Gasteiger partial charge in [0.25, 0.3) is 0 Å². The van der Waals surface area contributed by atoms with Gasteiger partial charge in [0.05, 0.1) is 5.03 Å². The van der Waals surface area contributed by atoms with Crippen molar-refractivity contribution in [3.8, 4) is 0 Å². The number of carbonyl (C=O) groups excluding carboxylic acids is 1. The molecule has 0 saturated carbocycles. The van der Waals surface area contributed by atoms with Gasteiger partial charge in [-0.15, -0.1) is 11.8 Å². The molecule has 1 amide bonds. The first kappa shape index (κ1) is 24.6. The molecule has 0 bridgehead atoms. The third-order valence-electron chi connectivity index (χ3n) is 4.61. The molecule has 0 aromatic carbocycles. The lowest BCUT2D eigenvalue weighted by Crippen LogP contribution is -2.68. The van der Waals surface area contributed by atoms with Crippen LogP contribution in [0.1, 0.15) is 0 Å². The molecule has 0 aromatic rings. The number of thioether (sulfide) groups is 2. The number of fused-ring (bicyclic) bond motifs is 2. The third kappa shape index (κ3) is 5.15. The second-order valence-corrected chi connectivity index (χ2v) is 8.84. The van der Waals surface area contributed by atoms with Gasteiger partial charge in [-0.3, -0.25) is 15.1 Å². The molecule has 5 N–H and O–H groups in total. The van der Waals surface area contributed by atoms with Crippen molar-refractivity contribution in [3.63, 3.8) is 0 Å². The van der Waals surface area contributed by atoms with E-state index in [-0.39, 0.29) is 17.0 Å². The van der Waals surface area contributed by atoms with Crippen LogP contribution in [0.4, 0.5) is 13.2 Å². The van der Waals surface area contributed by atoms with Gasteiger partial charge < -0.3 is 20.8 Å². The van der Waals surface area contributed by atoms with Crippen LogP contribution in [0.15, 0.2) is 58.2 Å². The van der Waals surface area contributed by atoms with Gasteiger partial charge in [-0.2, -0.15) is 13.2 Å². The van der Waals surface area contributed by atoms with Crippen LogP contribution in [0.25, 0.3) is 0 Å². The molecular formula is C18H18F3N5O5S2. The molecule has 4 aliphatic rings. The van der Waals surface area contributed by atoms with E-state index in [1.165, 1.54) is 28.4 Å². The SMILES string of the molecule is CN1C=CN2NC(S/C=C\C3=C(C(=O)O)N4C(=O)[C@@H](N)[C@@H]4SC3)=CC=C12.O=C(O)C(F)(F)F. The summed E-state index contributed by atoms with van der Waals surface area (Å²) in [6.45, 7) is 0. The number of carboxylic acid groups (broad SMARTS) is 2. The van der Waals surface area contributed by atoms with Gasteiger partial charge in [0, 0.05) is 25.2 Å². The zero-order valence-corrected chi connectivity index (χ0v) is 18.4. The van der Waals surface area contributed by atoms with E-state index in [9.17, 15) is 27.9 Å². The van der Waals surface area contributed by atoms with E-state index in [0.29, 0.717) is 11.3 Å². The number of rotatable bonds is 4. The number of amides is 1. The molecule has 0 unspecified atom stereocenters. The molecule has 0 radical (unpaired) electrons. The van der Waals surface area contributed by atoms with Gasteiger partial charge in [-0.05, 0) is 29.2 Å². The maximum Gasteiger partial charge on any atom is 0.490 e. The number of nitrogens with two attached hydrogens (primary N) is 1. The first-order valence-electron chi connectivity index (χ1n) is 9.11. The van der Waals surface area contributed by atoms with Gasteiger partial charge in [0.15, 0.2) is 0 Å². The van der Waals surface area contributed by atoms with Crippen LogP contribution < -0.4 is 11.2 Å². The van der Waals surface area contributed by atoms with Gasteiger partial charge in [0.2, 0.25) is 5.91 Å². The van der Waals surface area contributed by atoms with Crippen LogP contribution in [0.2, 0.25) is 0 Å². The second kappa shape index (κ2) is 9.44. The van der Waals surface area contributed by atoms with Crippen molar-refractivity contribution >= 4 is 41.4 Å². The van der Waals surface area contributed by atoms with E-state index in [1.807, 2.05) is 46.9 Å². The Morgan fingerprint density at radius 3 is 2.58 bits per heavy atom. The van der Waals surface area contributed by atoms with Crippen molar-refractivity contribution in [2.24, 2.45) is 5.73 Å². The highest BCUT2D eigenvalue weighted by molar-refractivity contribution is 8.05. The molecule has 1 saturated heterocycles. The summed E-state index contributed by atoms with van der Waals surface area (Å²) in [5.41, 5.74) is 9.65. The molecule has 10 nitrogen and oxygen atoms in total. The minimum Gasteiger partial charge on any atom is -0.477 e. The normalized spacial score (nSPS) is 23.8. The van der Waals surface area contributed by atoms with Crippen molar-refractivity contribution in [1.82, 2.24) is 20.2 Å². The summed E-state index contributed by atoms with van der Waals surface area (Å²) in [4.78, 5) is 35.7. The number of carbonyl (C=O) groups is 3. The summed E-state index contributed by atoms with van der Waals surface area (Å²) >= 11 is 2.93. The van der Waals surface area contributed by atoms with E-state index in [2.05, 4.69) is 5.43 Å². The van der Waals surface area contributed by atoms with Gasteiger partial charge in [0.1, 0.15) is 22.9 Å². The number of nitrogens with zero attached hydrogens (tertiary/aromatic N) is 3. The summed E-state index contributed by atoms with van der Waals surface area (Å²) in [5, 5.41) is 21.0. The highest BCUT2D eigenvalue weighted by Gasteiger charge is 2.51. The van der Waals surface area contributed by atoms with E-state index >= 15 is 0 Å².